The summed E-state index contributed by atoms with van der Waals surface area (Å²) in [5.41, 5.74) is 0.0833. The maximum absolute atomic E-state index is 9.00. The zero-order valence-corrected chi connectivity index (χ0v) is 5.37. The normalized spacial score (nSPS) is 9.20. The van der Waals surface area contributed by atoms with Gasteiger partial charge in [-0.1, -0.05) is 0 Å². The van der Waals surface area contributed by atoms with Crippen LogP contribution in [-0.4, -0.2) is 14.8 Å². The molecule has 4 heteroatoms. The second-order valence-corrected chi connectivity index (χ2v) is 1.91. The molecule has 0 aromatic carbocycles. The predicted molar refractivity (Wildman–Crippen MR) is 33.5 cm³/mol. The molecule has 0 atom stereocenters. The Labute approximate surface area is 57.6 Å². The van der Waals surface area contributed by atoms with Crippen molar-refractivity contribution in [2.75, 3.05) is 0 Å². The largest absolute Gasteiger partial charge is 0.494 e. The van der Waals surface area contributed by atoms with Crippen LogP contribution < -0.4 is 0 Å². The topological polar surface area (TPSA) is 69.2 Å². The van der Waals surface area contributed by atoms with Gasteiger partial charge in [0.15, 0.2) is 5.88 Å². The minimum atomic E-state index is -0.208. The van der Waals surface area contributed by atoms with Crippen molar-refractivity contribution in [2.24, 2.45) is 7.05 Å². The van der Waals surface area contributed by atoms with Gasteiger partial charge in [-0.2, -0.15) is 5.26 Å². The van der Waals surface area contributed by atoms with Crippen molar-refractivity contribution in [3.63, 3.8) is 0 Å². The first kappa shape index (κ1) is 6.49. The van der Waals surface area contributed by atoms with Crippen LogP contribution in [0.2, 0.25) is 0 Å². The number of rotatable bonds is 0. The van der Waals surface area contributed by atoms with Crippen molar-refractivity contribution in [1.29, 1.82) is 5.26 Å². The first-order chi connectivity index (χ1) is 4.66. The fraction of sp³-hybridized carbons (Fsp3) is 0.167. The number of nitrogens with zero attached hydrogens (tertiary/aromatic N) is 2. The minimum absolute atomic E-state index is 0.0833. The summed E-state index contributed by atoms with van der Waals surface area (Å²) < 4.78 is 1.12. The van der Waals surface area contributed by atoms with Crippen LogP contribution in [0, 0.1) is 11.3 Å². The van der Waals surface area contributed by atoms with E-state index in [-0.39, 0.29) is 17.3 Å². The average molecular weight is 138 g/mol. The molecule has 0 aliphatic rings. The van der Waals surface area contributed by atoms with Gasteiger partial charge in [0.1, 0.15) is 11.6 Å². The van der Waals surface area contributed by atoms with E-state index < -0.39 is 0 Å². The summed E-state index contributed by atoms with van der Waals surface area (Å²) in [4.78, 5) is 0. The predicted octanol–water partition coefficient (Wildman–Crippen LogP) is 0.308. The van der Waals surface area contributed by atoms with Crippen molar-refractivity contribution in [2.45, 2.75) is 0 Å². The minimum Gasteiger partial charge on any atom is -0.494 e. The zero-order valence-electron chi connectivity index (χ0n) is 5.37. The molecule has 0 bridgehead atoms. The molecular weight excluding hydrogens is 132 g/mol. The third-order valence-electron chi connectivity index (χ3n) is 1.30. The van der Waals surface area contributed by atoms with Crippen molar-refractivity contribution in [3.8, 4) is 17.8 Å². The molecule has 0 spiro atoms. The van der Waals surface area contributed by atoms with Crippen molar-refractivity contribution in [3.05, 3.63) is 11.6 Å². The lowest BCUT2D eigenvalue weighted by Gasteiger charge is -1.93. The van der Waals surface area contributed by atoms with E-state index in [4.69, 9.17) is 15.5 Å². The molecule has 1 aromatic heterocycles. The van der Waals surface area contributed by atoms with Crippen LogP contribution in [0.3, 0.4) is 0 Å². The lowest BCUT2D eigenvalue weighted by Crippen LogP contribution is -1.84. The lowest BCUT2D eigenvalue weighted by atomic mass is 10.4. The molecule has 0 aliphatic heterocycles. The standard InChI is InChI=1S/C6H6N2O2/c1-8-5(9)2-4(3-7)6(8)10/h2,9-10H,1H3. The molecule has 1 heterocycles. The van der Waals surface area contributed by atoms with Gasteiger partial charge in [-0.3, -0.25) is 4.57 Å². The van der Waals surface area contributed by atoms with Crippen LogP contribution in [-0.2, 0) is 7.05 Å². The Morgan fingerprint density at radius 3 is 2.40 bits per heavy atom. The third-order valence-corrected chi connectivity index (χ3v) is 1.30. The Bertz CT molecular complexity index is 295. The number of hydrogen-bond acceptors (Lipinski definition) is 3. The highest BCUT2D eigenvalue weighted by atomic mass is 16.3. The van der Waals surface area contributed by atoms with E-state index in [1.165, 1.54) is 13.1 Å². The molecule has 0 saturated heterocycles. The Morgan fingerprint density at radius 2 is 2.20 bits per heavy atom. The van der Waals surface area contributed by atoms with Crippen molar-refractivity contribution in [1.82, 2.24) is 4.57 Å². The smallest absolute Gasteiger partial charge is 0.212 e. The first-order valence-corrected chi connectivity index (χ1v) is 2.64. The summed E-state index contributed by atoms with van der Waals surface area (Å²) >= 11 is 0. The van der Waals surface area contributed by atoms with Gasteiger partial charge < -0.3 is 10.2 Å². The SMILES string of the molecule is Cn1c(O)cc(C#N)c1O. The quantitative estimate of drug-likeness (QED) is 0.542. The lowest BCUT2D eigenvalue weighted by molar-refractivity contribution is 0.386. The summed E-state index contributed by atoms with van der Waals surface area (Å²) in [5.74, 6) is -0.325. The second-order valence-electron chi connectivity index (χ2n) is 1.91. The van der Waals surface area contributed by atoms with Crippen LogP contribution in [0.1, 0.15) is 5.56 Å². The number of hydrogen-bond donors (Lipinski definition) is 2. The van der Waals surface area contributed by atoms with E-state index in [9.17, 15) is 0 Å². The van der Waals surface area contributed by atoms with Gasteiger partial charge in [-0.15, -0.1) is 0 Å². The monoisotopic (exact) mass is 138 g/mol. The summed E-state index contributed by atoms with van der Waals surface area (Å²) in [6.07, 6.45) is 0. The van der Waals surface area contributed by atoms with E-state index in [0.29, 0.717) is 0 Å². The van der Waals surface area contributed by atoms with Crippen LogP contribution in [0.4, 0.5) is 0 Å². The molecular formula is C6H6N2O2. The highest BCUT2D eigenvalue weighted by Gasteiger charge is 2.08. The van der Waals surface area contributed by atoms with E-state index in [1.807, 2.05) is 0 Å². The molecule has 52 valence electrons. The molecule has 4 nitrogen and oxygen atoms in total. The van der Waals surface area contributed by atoms with Crippen molar-refractivity contribution < 1.29 is 10.2 Å². The van der Waals surface area contributed by atoms with Crippen LogP contribution in [0.15, 0.2) is 6.07 Å². The van der Waals surface area contributed by atoms with Gasteiger partial charge in [0.2, 0.25) is 5.88 Å². The Hall–Kier alpha value is -1.63. The fourth-order valence-corrected chi connectivity index (χ4v) is 0.662. The molecule has 1 aromatic rings. The van der Waals surface area contributed by atoms with Gasteiger partial charge in [0.05, 0.1) is 0 Å². The Balaban J connectivity index is 3.34. The summed E-state index contributed by atoms with van der Waals surface area (Å²) in [5, 5.41) is 26.2. The molecule has 1 rings (SSSR count). The Kier molecular flexibility index (Phi) is 1.27. The molecule has 0 radical (unpaired) electrons. The van der Waals surface area contributed by atoms with Crippen LogP contribution in [0.5, 0.6) is 11.8 Å². The maximum atomic E-state index is 9.00. The highest BCUT2D eigenvalue weighted by Crippen LogP contribution is 2.24. The summed E-state index contributed by atoms with van der Waals surface area (Å²) in [6.45, 7) is 0. The van der Waals surface area contributed by atoms with E-state index in [0.717, 1.165) is 4.57 Å². The number of nitriles is 1. The molecule has 0 saturated carbocycles. The molecule has 0 unspecified atom stereocenters. The third kappa shape index (κ3) is 0.685. The van der Waals surface area contributed by atoms with Crippen LogP contribution >= 0.6 is 0 Å². The summed E-state index contributed by atoms with van der Waals surface area (Å²) in [6, 6.07) is 2.93. The fourth-order valence-electron chi connectivity index (χ4n) is 0.662. The van der Waals surface area contributed by atoms with E-state index in [2.05, 4.69) is 0 Å². The first-order valence-electron chi connectivity index (χ1n) is 2.64. The zero-order chi connectivity index (χ0) is 7.72. The van der Waals surface area contributed by atoms with Crippen LogP contribution in [0.25, 0.3) is 0 Å². The van der Waals surface area contributed by atoms with Gasteiger partial charge in [0.25, 0.3) is 0 Å². The maximum Gasteiger partial charge on any atom is 0.212 e. The Morgan fingerprint density at radius 1 is 1.60 bits per heavy atom. The van der Waals surface area contributed by atoms with Gasteiger partial charge in [-0.05, 0) is 0 Å². The molecule has 2 N–H and O–H groups in total. The van der Waals surface area contributed by atoms with E-state index >= 15 is 0 Å². The van der Waals surface area contributed by atoms with E-state index in [1.54, 1.807) is 6.07 Å². The molecule has 10 heavy (non-hydrogen) atoms. The number of aromatic nitrogens is 1. The summed E-state index contributed by atoms with van der Waals surface area (Å²) in [7, 11) is 1.46. The molecule has 0 aliphatic carbocycles. The van der Waals surface area contributed by atoms with Gasteiger partial charge in [0, 0.05) is 13.1 Å². The molecule has 0 amide bonds. The highest BCUT2D eigenvalue weighted by molar-refractivity contribution is 5.43. The van der Waals surface area contributed by atoms with Crippen molar-refractivity contribution >= 4 is 0 Å². The van der Waals surface area contributed by atoms with Gasteiger partial charge >= 0.3 is 0 Å². The molecule has 0 fully saturated rings. The van der Waals surface area contributed by atoms with Gasteiger partial charge in [-0.25, -0.2) is 0 Å². The second kappa shape index (κ2) is 1.95. The average Bonchev–Trinajstić information content (AvgIpc) is 2.17. The number of aromatic hydroxyl groups is 2.